The molecule has 0 fully saturated rings. The summed E-state index contributed by atoms with van der Waals surface area (Å²) in [4.78, 5) is 28.5. The maximum Gasteiger partial charge on any atom is 0.282 e. The van der Waals surface area contributed by atoms with Gasteiger partial charge < -0.3 is 5.32 Å². The molecule has 0 saturated heterocycles. The average Bonchev–Trinajstić information content (AvgIpc) is 3.24. The molecule has 0 bridgehead atoms. The molecule has 1 N–H and O–H groups in total. The van der Waals surface area contributed by atoms with Crippen LogP contribution in [0.5, 0.6) is 0 Å². The van der Waals surface area contributed by atoms with Crippen LogP contribution < -0.4 is 10.2 Å². The molecule has 4 rings (SSSR count). The minimum Gasteiger partial charge on any atom is -0.350 e. The van der Waals surface area contributed by atoms with Crippen molar-refractivity contribution in [3.05, 3.63) is 86.7 Å². The number of nitrogens with one attached hydrogen (secondary N) is 1. The van der Waals surface area contributed by atoms with Crippen LogP contribution in [0.25, 0.3) is 5.57 Å². The van der Waals surface area contributed by atoms with Crippen molar-refractivity contribution < 1.29 is 9.59 Å². The molecule has 0 unspecified atom stereocenters. The number of carbonyl (C=O) groups is 2. The number of hydrogen-bond acceptors (Lipinski definition) is 4. The molecule has 6 heteroatoms. The van der Waals surface area contributed by atoms with Crippen molar-refractivity contribution in [3.63, 3.8) is 0 Å². The molecule has 3 aromatic rings. The summed E-state index contributed by atoms with van der Waals surface area (Å²) in [6.45, 7) is 3.83. The van der Waals surface area contributed by atoms with Gasteiger partial charge in [0.1, 0.15) is 5.70 Å². The zero-order chi connectivity index (χ0) is 19.8. The molecule has 0 radical (unpaired) electrons. The predicted octanol–water partition coefficient (Wildman–Crippen LogP) is 5.41. The summed E-state index contributed by atoms with van der Waals surface area (Å²) in [7, 11) is 0. The van der Waals surface area contributed by atoms with E-state index in [0.29, 0.717) is 16.3 Å². The van der Waals surface area contributed by atoms with Gasteiger partial charge in [-0.15, -0.1) is 11.3 Å². The monoisotopic (exact) mass is 408 g/mol. The first kappa shape index (κ1) is 18.5. The first-order valence-corrected chi connectivity index (χ1v) is 9.98. The van der Waals surface area contributed by atoms with Gasteiger partial charge in [-0.25, -0.2) is 4.90 Å². The molecule has 1 aliphatic heterocycles. The zero-order valence-corrected chi connectivity index (χ0v) is 16.9. The fourth-order valence-corrected chi connectivity index (χ4v) is 4.19. The lowest BCUT2D eigenvalue weighted by molar-refractivity contribution is -0.120. The van der Waals surface area contributed by atoms with Gasteiger partial charge in [-0.2, -0.15) is 0 Å². The lowest BCUT2D eigenvalue weighted by atomic mass is 10.1. The zero-order valence-electron chi connectivity index (χ0n) is 15.3. The summed E-state index contributed by atoms with van der Waals surface area (Å²) in [5, 5.41) is 5.69. The molecule has 140 valence electrons. The molecule has 0 atom stereocenters. The van der Waals surface area contributed by atoms with Gasteiger partial charge in [-0.3, -0.25) is 9.59 Å². The third-order valence-corrected chi connectivity index (χ3v) is 5.68. The number of anilines is 2. The molecule has 0 saturated carbocycles. The normalized spacial score (nSPS) is 14.2. The van der Waals surface area contributed by atoms with Gasteiger partial charge in [0, 0.05) is 15.6 Å². The van der Waals surface area contributed by atoms with Gasteiger partial charge in [-0.05, 0) is 66.8 Å². The van der Waals surface area contributed by atoms with Gasteiger partial charge >= 0.3 is 0 Å². The SMILES string of the molecule is Cc1cccc(N2C(=O)C(Nc3ccc(Cl)cc3C)=C(c3cccs3)C2=O)c1. The maximum absolute atomic E-state index is 13.3. The van der Waals surface area contributed by atoms with Crippen LogP contribution in [0.3, 0.4) is 0 Å². The number of imide groups is 1. The number of hydrogen-bond donors (Lipinski definition) is 1. The highest BCUT2D eigenvalue weighted by molar-refractivity contribution is 7.11. The summed E-state index contributed by atoms with van der Waals surface area (Å²) in [5.41, 5.74) is 3.83. The minimum absolute atomic E-state index is 0.277. The number of amides is 2. The van der Waals surface area contributed by atoms with E-state index in [1.807, 2.05) is 61.7 Å². The maximum atomic E-state index is 13.3. The molecular formula is C22H17ClN2O2S. The van der Waals surface area contributed by atoms with E-state index in [9.17, 15) is 9.59 Å². The van der Waals surface area contributed by atoms with E-state index in [4.69, 9.17) is 11.6 Å². The Balaban J connectivity index is 1.82. The number of halogens is 1. The Kier molecular flexibility index (Phi) is 4.79. The van der Waals surface area contributed by atoms with E-state index >= 15 is 0 Å². The number of rotatable bonds is 4. The van der Waals surface area contributed by atoms with Crippen molar-refractivity contribution in [2.45, 2.75) is 13.8 Å². The van der Waals surface area contributed by atoms with Gasteiger partial charge in [0.2, 0.25) is 0 Å². The van der Waals surface area contributed by atoms with Crippen LogP contribution in [0.2, 0.25) is 5.02 Å². The van der Waals surface area contributed by atoms with Crippen LogP contribution in [-0.4, -0.2) is 11.8 Å². The van der Waals surface area contributed by atoms with E-state index in [0.717, 1.165) is 21.7 Å². The quantitative estimate of drug-likeness (QED) is 0.587. The molecule has 4 nitrogen and oxygen atoms in total. The average molecular weight is 409 g/mol. The molecule has 1 aliphatic rings. The summed E-state index contributed by atoms with van der Waals surface area (Å²) in [5.74, 6) is -0.694. The summed E-state index contributed by atoms with van der Waals surface area (Å²) in [6, 6.07) is 16.5. The second-order valence-corrected chi connectivity index (χ2v) is 7.98. The van der Waals surface area contributed by atoms with Crippen molar-refractivity contribution >= 4 is 51.7 Å². The highest BCUT2D eigenvalue weighted by atomic mass is 35.5. The van der Waals surface area contributed by atoms with Crippen molar-refractivity contribution in [3.8, 4) is 0 Å². The van der Waals surface area contributed by atoms with Crippen LogP contribution in [0.15, 0.2) is 65.7 Å². The lowest BCUT2D eigenvalue weighted by Crippen LogP contribution is -2.32. The van der Waals surface area contributed by atoms with Crippen LogP contribution in [-0.2, 0) is 9.59 Å². The predicted molar refractivity (Wildman–Crippen MR) is 115 cm³/mol. The van der Waals surface area contributed by atoms with Gasteiger partial charge in [0.25, 0.3) is 11.8 Å². The van der Waals surface area contributed by atoms with E-state index in [2.05, 4.69) is 5.32 Å². The molecule has 28 heavy (non-hydrogen) atoms. The van der Waals surface area contributed by atoms with E-state index in [1.165, 1.54) is 16.2 Å². The topological polar surface area (TPSA) is 49.4 Å². The number of carbonyl (C=O) groups excluding carboxylic acids is 2. The molecular weight excluding hydrogens is 392 g/mol. The molecule has 1 aromatic heterocycles. The van der Waals surface area contributed by atoms with Gasteiger partial charge in [0.05, 0.1) is 11.3 Å². The first-order chi connectivity index (χ1) is 13.5. The largest absolute Gasteiger partial charge is 0.350 e. The molecule has 0 aliphatic carbocycles. The summed E-state index contributed by atoms with van der Waals surface area (Å²) in [6.07, 6.45) is 0. The van der Waals surface area contributed by atoms with E-state index in [-0.39, 0.29) is 17.5 Å². The van der Waals surface area contributed by atoms with Crippen LogP contribution >= 0.6 is 22.9 Å². The number of thiophene rings is 1. The summed E-state index contributed by atoms with van der Waals surface area (Å²) >= 11 is 7.47. The van der Waals surface area contributed by atoms with Crippen molar-refractivity contribution in [1.82, 2.24) is 0 Å². The molecule has 0 spiro atoms. The highest BCUT2D eigenvalue weighted by Crippen LogP contribution is 2.36. The minimum atomic E-state index is -0.367. The molecule has 2 aromatic carbocycles. The fourth-order valence-electron chi connectivity index (χ4n) is 3.20. The Morgan fingerprint density at radius 2 is 1.79 bits per heavy atom. The van der Waals surface area contributed by atoms with Crippen molar-refractivity contribution in [2.24, 2.45) is 0 Å². The number of nitrogens with zero attached hydrogens (tertiary/aromatic N) is 1. The number of aryl methyl sites for hydroxylation is 2. The lowest BCUT2D eigenvalue weighted by Gasteiger charge is -2.16. The van der Waals surface area contributed by atoms with E-state index in [1.54, 1.807) is 12.1 Å². The first-order valence-electron chi connectivity index (χ1n) is 8.72. The van der Waals surface area contributed by atoms with Crippen molar-refractivity contribution in [1.29, 1.82) is 0 Å². The Hall–Kier alpha value is -2.89. The summed E-state index contributed by atoms with van der Waals surface area (Å²) < 4.78 is 0. The second-order valence-electron chi connectivity index (χ2n) is 6.60. The number of benzene rings is 2. The Morgan fingerprint density at radius 1 is 0.964 bits per heavy atom. The Morgan fingerprint density at radius 3 is 2.46 bits per heavy atom. The highest BCUT2D eigenvalue weighted by Gasteiger charge is 2.40. The second kappa shape index (κ2) is 7.26. The fraction of sp³-hybridized carbons (Fsp3) is 0.0909. The molecule has 2 heterocycles. The molecule has 2 amide bonds. The van der Waals surface area contributed by atoms with Crippen LogP contribution in [0, 0.1) is 13.8 Å². The smallest absolute Gasteiger partial charge is 0.282 e. The van der Waals surface area contributed by atoms with E-state index < -0.39 is 0 Å². The standard InChI is InChI=1S/C22H17ClN2O2S/c1-13-5-3-6-16(11-13)25-21(26)19(18-7-4-10-28-18)20(22(25)27)24-17-9-8-15(23)12-14(17)2/h3-12,24H,1-2H3. The van der Waals surface area contributed by atoms with Crippen LogP contribution in [0.4, 0.5) is 11.4 Å². The van der Waals surface area contributed by atoms with Gasteiger partial charge in [0.15, 0.2) is 0 Å². The Bertz CT molecular complexity index is 1120. The van der Waals surface area contributed by atoms with Crippen LogP contribution in [0.1, 0.15) is 16.0 Å². The van der Waals surface area contributed by atoms with Gasteiger partial charge in [-0.1, -0.05) is 29.8 Å². The third kappa shape index (κ3) is 3.23. The Labute approximate surface area is 172 Å². The third-order valence-electron chi connectivity index (χ3n) is 4.56. The van der Waals surface area contributed by atoms with Crippen molar-refractivity contribution in [2.75, 3.05) is 10.2 Å².